The van der Waals surface area contributed by atoms with Crippen LogP contribution < -0.4 is 10.1 Å². The second-order valence-corrected chi connectivity index (χ2v) is 12.0. The quantitative estimate of drug-likeness (QED) is 0.358. The van der Waals surface area contributed by atoms with E-state index in [2.05, 4.69) is 57.3 Å². The molecular weight excluding hydrogens is 468 g/mol. The highest BCUT2D eigenvalue weighted by atomic mass is 32.1. The molecule has 0 radical (unpaired) electrons. The molecule has 2 aliphatic rings. The van der Waals surface area contributed by atoms with E-state index < -0.39 is 5.41 Å². The fourth-order valence-electron chi connectivity index (χ4n) is 6.57. The standard InChI is InChI=1S/C30H36N2O3S/c1-18(2)19-12-13-22-21(16-19)24-25(26-29(22,3)14-9-15-30(26,4)27(33)35-6)36-28(32-24)31-17-20-10-7-8-11-23(20)34-5/h7-8,10-13,16,18,26H,9,14-15,17H2,1-6H3,(H,31,32)/t26?,29-,30-/m1/s1. The lowest BCUT2D eigenvalue weighted by molar-refractivity contribution is -0.157. The molecule has 0 bridgehead atoms. The summed E-state index contributed by atoms with van der Waals surface area (Å²) in [6.45, 7) is 9.51. The molecule has 0 aliphatic heterocycles. The van der Waals surface area contributed by atoms with Crippen LogP contribution in [0.1, 0.15) is 80.4 Å². The fraction of sp³-hybridized carbons (Fsp3) is 0.467. The summed E-state index contributed by atoms with van der Waals surface area (Å²) >= 11 is 1.69. The van der Waals surface area contributed by atoms with Gasteiger partial charge in [0.2, 0.25) is 0 Å². The molecule has 0 amide bonds. The van der Waals surface area contributed by atoms with Crippen LogP contribution in [0.5, 0.6) is 5.75 Å². The molecule has 1 unspecified atom stereocenters. The number of aromatic nitrogens is 1. The molecule has 2 aliphatic carbocycles. The van der Waals surface area contributed by atoms with Crippen LogP contribution in [-0.2, 0) is 21.5 Å². The van der Waals surface area contributed by atoms with Gasteiger partial charge in [-0.3, -0.25) is 4.79 Å². The van der Waals surface area contributed by atoms with Crippen LogP contribution in [0.3, 0.4) is 0 Å². The van der Waals surface area contributed by atoms with Crippen molar-refractivity contribution in [1.82, 2.24) is 4.98 Å². The number of hydrogen-bond donors (Lipinski definition) is 1. The van der Waals surface area contributed by atoms with Gasteiger partial charge in [0.1, 0.15) is 5.75 Å². The minimum absolute atomic E-state index is 0.0120. The Balaban J connectivity index is 1.64. The first-order valence-electron chi connectivity index (χ1n) is 12.8. The third-order valence-corrected chi connectivity index (χ3v) is 9.52. The average molecular weight is 505 g/mol. The summed E-state index contributed by atoms with van der Waals surface area (Å²) in [5.41, 5.74) is 5.16. The Morgan fingerprint density at radius 1 is 1.17 bits per heavy atom. The van der Waals surface area contributed by atoms with E-state index in [0.29, 0.717) is 12.5 Å². The molecule has 3 atom stereocenters. The first-order valence-corrected chi connectivity index (χ1v) is 13.6. The predicted molar refractivity (Wildman–Crippen MR) is 146 cm³/mol. The van der Waals surface area contributed by atoms with Gasteiger partial charge in [0.15, 0.2) is 5.13 Å². The zero-order chi connectivity index (χ0) is 25.7. The van der Waals surface area contributed by atoms with Gasteiger partial charge in [0.05, 0.1) is 25.3 Å². The van der Waals surface area contributed by atoms with E-state index in [4.69, 9.17) is 14.5 Å². The van der Waals surface area contributed by atoms with Gasteiger partial charge in [-0.25, -0.2) is 4.98 Å². The molecule has 6 heteroatoms. The summed E-state index contributed by atoms with van der Waals surface area (Å²) < 4.78 is 10.9. The highest BCUT2D eigenvalue weighted by Crippen LogP contribution is 2.64. The zero-order valence-electron chi connectivity index (χ0n) is 22.1. The Kier molecular flexibility index (Phi) is 6.36. The van der Waals surface area contributed by atoms with Gasteiger partial charge >= 0.3 is 5.97 Å². The molecule has 1 saturated carbocycles. The molecule has 2 aromatic carbocycles. The van der Waals surface area contributed by atoms with Gasteiger partial charge in [0.25, 0.3) is 0 Å². The molecule has 1 heterocycles. The topological polar surface area (TPSA) is 60.5 Å². The van der Waals surface area contributed by atoms with Gasteiger partial charge < -0.3 is 14.8 Å². The summed E-state index contributed by atoms with van der Waals surface area (Å²) in [6, 6.07) is 14.9. The first kappa shape index (κ1) is 24.8. The smallest absolute Gasteiger partial charge is 0.312 e. The second-order valence-electron chi connectivity index (χ2n) is 11.0. The second kappa shape index (κ2) is 9.22. The highest BCUT2D eigenvalue weighted by Gasteiger charge is 2.58. The fourth-order valence-corrected chi connectivity index (χ4v) is 7.95. The molecule has 5 nitrogen and oxygen atoms in total. The lowest BCUT2D eigenvalue weighted by Crippen LogP contribution is -2.50. The summed E-state index contributed by atoms with van der Waals surface area (Å²) in [6.07, 6.45) is 2.86. The largest absolute Gasteiger partial charge is 0.496 e. The van der Waals surface area contributed by atoms with Crippen LogP contribution in [0.2, 0.25) is 0 Å². The minimum Gasteiger partial charge on any atom is -0.496 e. The van der Waals surface area contributed by atoms with E-state index in [1.165, 1.54) is 28.7 Å². The molecule has 3 aromatic rings. The number of methoxy groups -OCH3 is 2. The number of ether oxygens (including phenoxy) is 2. The zero-order valence-corrected chi connectivity index (χ0v) is 22.9. The molecule has 0 spiro atoms. The van der Waals surface area contributed by atoms with Crippen molar-refractivity contribution in [3.8, 4) is 17.0 Å². The SMILES string of the molecule is COC(=O)[C@]1(C)CCC[C@]2(C)c3ccc(C(C)C)cc3-c3nc(NCc4ccccc4OC)sc3C12. The van der Waals surface area contributed by atoms with Gasteiger partial charge in [-0.1, -0.05) is 57.5 Å². The van der Waals surface area contributed by atoms with Gasteiger partial charge in [-0.05, 0) is 48.9 Å². The van der Waals surface area contributed by atoms with Crippen LogP contribution in [0, 0.1) is 5.41 Å². The third kappa shape index (κ3) is 3.81. The first-order chi connectivity index (χ1) is 17.2. The summed E-state index contributed by atoms with van der Waals surface area (Å²) in [5, 5.41) is 4.42. The summed E-state index contributed by atoms with van der Waals surface area (Å²) in [7, 11) is 3.21. The van der Waals surface area contributed by atoms with Crippen LogP contribution >= 0.6 is 11.3 Å². The number of carbonyl (C=O) groups is 1. The molecule has 36 heavy (non-hydrogen) atoms. The molecule has 5 rings (SSSR count). The lowest BCUT2D eigenvalue weighted by atomic mass is 9.50. The number of nitrogens with zero attached hydrogens (tertiary/aromatic N) is 1. The Labute approximate surface area is 218 Å². The van der Waals surface area contributed by atoms with Crippen molar-refractivity contribution in [2.24, 2.45) is 5.41 Å². The monoisotopic (exact) mass is 504 g/mol. The van der Waals surface area contributed by atoms with Gasteiger partial charge in [-0.2, -0.15) is 0 Å². The molecule has 0 saturated heterocycles. The number of thiazole rings is 1. The maximum atomic E-state index is 13.3. The van der Waals surface area contributed by atoms with Gasteiger partial charge in [-0.15, -0.1) is 11.3 Å². The lowest BCUT2D eigenvalue weighted by Gasteiger charge is -2.53. The number of anilines is 1. The Hall–Kier alpha value is -2.86. The van der Waals surface area contributed by atoms with Crippen molar-refractivity contribution in [2.45, 2.75) is 70.8 Å². The van der Waals surface area contributed by atoms with Crippen molar-refractivity contribution in [3.05, 3.63) is 64.0 Å². The molecular formula is C30H36N2O3S. The number of para-hydroxylation sites is 1. The Bertz CT molecular complexity index is 1300. The van der Waals surface area contributed by atoms with E-state index in [1.807, 2.05) is 18.2 Å². The molecule has 1 fully saturated rings. The third-order valence-electron chi connectivity index (χ3n) is 8.44. The van der Waals surface area contributed by atoms with Crippen molar-refractivity contribution in [3.63, 3.8) is 0 Å². The van der Waals surface area contributed by atoms with E-state index >= 15 is 0 Å². The number of benzene rings is 2. The molecule has 1 aromatic heterocycles. The van der Waals surface area contributed by atoms with Crippen molar-refractivity contribution >= 4 is 22.4 Å². The number of esters is 1. The summed E-state index contributed by atoms with van der Waals surface area (Å²) in [5.74, 6) is 1.18. The number of carbonyl (C=O) groups excluding carboxylic acids is 1. The normalized spacial score (nSPS) is 24.5. The van der Waals surface area contributed by atoms with Crippen molar-refractivity contribution < 1.29 is 14.3 Å². The minimum atomic E-state index is -0.600. The van der Waals surface area contributed by atoms with Crippen LogP contribution in [0.25, 0.3) is 11.3 Å². The molecule has 190 valence electrons. The van der Waals surface area contributed by atoms with Gasteiger partial charge in [0, 0.05) is 33.9 Å². The number of nitrogens with one attached hydrogen (secondary N) is 1. The average Bonchev–Trinajstić information content (AvgIpc) is 3.30. The summed E-state index contributed by atoms with van der Waals surface area (Å²) in [4.78, 5) is 19.6. The van der Waals surface area contributed by atoms with Crippen LogP contribution in [0.15, 0.2) is 42.5 Å². The molecule has 1 N–H and O–H groups in total. The van der Waals surface area contributed by atoms with Crippen molar-refractivity contribution in [2.75, 3.05) is 19.5 Å². The Morgan fingerprint density at radius 3 is 2.67 bits per heavy atom. The Morgan fingerprint density at radius 2 is 1.94 bits per heavy atom. The van der Waals surface area contributed by atoms with E-state index in [9.17, 15) is 4.79 Å². The maximum Gasteiger partial charge on any atom is 0.312 e. The van der Waals surface area contributed by atoms with E-state index in [1.54, 1.807) is 18.4 Å². The van der Waals surface area contributed by atoms with Crippen molar-refractivity contribution in [1.29, 1.82) is 0 Å². The number of fused-ring (bicyclic) bond motifs is 6. The maximum absolute atomic E-state index is 13.3. The number of rotatable bonds is 6. The predicted octanol–water partition coefficient (Wildman–Crippen LogP) is 7.27. The van der Waals surface area contributed by atoms with Crippen LogP contribution in [-0.4, -0.2) is 25.2 Å². The van der Waals surface area contributed by atoms with Crippen LogP contribution in [0.4, 0.5) is 5.13 Å². The highest BCUT2D eigenvalue weighted by molar-refractivity contribution is 7.16. The van der Waals surface area contributed by atoms with E-state index in [-0.39, 0.29) is 17.3 Å². The van der Waals surface area contributed by atoms with E-state index in [0.717, 1.165) is 41.4 Å². The number of hydrogen-bond acceptors (Lipinski definition) is 6.